The second-order valence-corrected chi connectivity index (χ2v) is 4.14. The van der Waals surface area contributed by atoms with Gasteiger partial charge < -0.3 is 10.1 Å². The number of nitrogens with zero attached hydrogens (tertiary/aromatic N) is 1. The van der Waals surface area contributed by atoms with Crippen LogP contribution in [0.5, 0.6) is 5.75 Å². The summed E-state index contributed by atoms with van der Waals surface area (Å²) < 4.78 is 18.1. The molecule has 0 unspecified atom stereocenters. The van der Waals surface area contributed by atoms with E-state index in [1.807, 2.05) is 30.3 Å². The highest BCUT2D eigenvalue weighted by Crippen LogP contribution is 2.08. The molecule has 0 aliphatic heterocycles. The summed E-state index contributed by atoms with van der Waals surface area (Å²) in [6.07, 6.45) is 1.90. The zero-order valence-electron chi connectivity index (χ0n) is 10.9. The van der Waals surface area contributed by atoms with Crippen LogP contribution in [0, 0.1) is 5.95 Å². The number of ether oxygens (including phenoxy) is 1. The second-order valence-electron chi connectivity index (χ2n) is 4.14. The number of carbonyl (C=O) groups excluding carboxylic acids is 1. The molecular weight excluding hydrogens is 259 g/mol. The van der Waals surface area contributed by atoms with Crippen LogP contribution in [0.1, 0.15) is 16.8 Å². The number of para-hydroxylation sites is 1. The van der Waals surface area contributed by atoms with Gasteiger partial charge in [-0.2, -0.15) is 4.39 Å². The number of hydrogen-bond acceptors (Lipinski definition) is 3. The summed E-state index contributed by atoms with van der Waals surface area (Å²) in [6.45, 7) is 1.01. The first-order chi connectivity index (χ1) is 9.75. The Labute approximate surface area is 116 Å². The molecule has 0 atom stereocenters. The summed E-state index contributed by atoms with van der Waals surface area (Å²) in [7, 11) is 0. The fraction of sp³-hybridized carbons (Fsp3) is 0.200. The normalized spacial score (nSPS) is 10.1. The van der Waals surface area contributed by atoms with Crippen LogP contribution in [0.4, 0.5) is 4.39 Å². The lowest BCUT2D eigenvalue weighted by atomic mass is 10.2. The minimum atomic E-state index is -0.599. The molecule has 0 bridgehead atoms. The van der Waals surface area contributed by atoms with Gasteiger partial charge in [-0.25, -0.2) is 4.98 Å². The van der Waals surface area contributed by atoms with Gasteiger partial charge in [0.1, 0.15) is 5.75 Å². The van der Waals surface area contributed by atoms with Gasteiger partial charge in [-0.05, 0) is 30.7 Å². The predicted molar refractivity (Wildman–Crippen MR) is 73.1 cm³/mol. The second kappa shape index (κ2) is 7.23. The number of hydrogen-bond donors (Lipinski definition) is 1. The quantitative estimate of drug-likeness (QED) is 0.650. The van der Waals surface area contributed by atoms with Gasteiger partial charge >= 0.3 is 0 Å². The predicted octanol–water partition coefficient (Wildman–Crippen LogP) is 2.42. The third-order valence-corrected chi connectivity index (χ3v) is 2.61. The van der Waals surface area contributed by atoms with Crippen molar-refractivity contribution in [1.82, 2.24) is 10.3 Å². The Kier molecular flexibility index (Phi) is 5.06. The molecule has 5 heteroatoms. The number of pyridine rings is 1. The van der Waals surface area contributed by atoms with E-state index in [1.54, 1.807) is 0 Å². The zero-order chi connectivity index (χ0) is 14.2. The first kappa shape index (κ1) is 14.0. The minimum Gasteiger partial charge on any atom is -0.494 e. The van der Waals surface area contributed by atoms with Crippen LogP contribution in [0.3, 0.4) is 0 Å². The van der Waals surface area contributed by atoms with Crippen molar-refractivity contribution in [2.24, 2.45) is 0 Å². The van der Waals surface area contributed by atoms with E-state index in [4.69, 9.17) is 4.74 Å². The Morgan fingerprint density at radius 2 is 2.00 bits per heavy atom. The molecule has 1 amide bonds. The van der Waals surface area contributed by atoms with E-state index in [9.17, 15) is 9.18 Å². The van der Waals surface area contributed by atoms with Gasteiger partial charge in [0.2, 0.25) is 5.95 Å². The maximum atomic E-state index is 12.6. The lowest BCUT2D eigenvalue weighted by Gasteiger charge is -2.07. The van der Waals surface area contributed by atoms with Crippen molar-refractivity contribution >= 4 is 5.91 Å². The lowest BCUT2D eigenvalue weighted by molar-refractivity contribution is 0.0951. The molecule has 0 saturated carbocycles. The molecule has 1 aromatic carbocycles. The molecule has 1 aromatic heterocycles. The zero-order valence-corrected chi connectivity index (χ0v) is 10.9. The van der Waals surface area contributed by atoms with E-state index in [0.29, 0.717) is 25.1 Å². The number of rotatable bonds is 6. The van der Waals surface area contributed by atoms with E-state index < -0.39 is 5.95 Å². The van der Waals surface area contributed by atoms with E-state index >= 15 is 0 Å². The van der Waals surface area contributed by atoms with Crippen molar-refractivity contribution in [3.05, 3.63) is 60.2 Å². The number of carbonyl (C=O) groups is 1. The summed E-state index contributed by atoms with van der Waals surface area (Å²) >= 11 is 0. The van der Waals surface area contributed by atoms with E-state index in [0.717, 1.165) is 11.8 Å². The van der Waals surface area contributed by atoms with E-state index in [2.05, 4.69) is 10.3 Å². The number of halogens is 1. The number of benzene rings is 1. The third kappa shape index (κ3) is 4.35. The molecule has 2 aromatic rings. The standard InChI is InChI=1S/C15H15FN2O2/c16-14-8-7-12(11-18-14)15(19)17-9-4-10-20-13-5-2-1-3-6-13/h1-3,5-8,11H,4,9-10H2,(H,17,19). The Morgan fingerprint density at radius 1 is 1.20 bits per heavy atom. The van der Waals surface area contributed by atoms with Gasteiger partial charge in [0.05, 0.1) is 12.2 Å². The minimum absolute atomic E-state index is 0.266. The van der Waals surface area contributed by atoms with Crippen LogP contribution in [-0.2, 0) is 0 Å². The molecule has 1 heterocycles. The summed E-state index contributed by atoms with van der Waals surface area (Å²) in [5.74, 6) is -0.0587. The van der Waals surface area contributed by atoms with Gasteiger partial charge in [0, 0.05) is 12.7 Å². The first-order valence-electron chi connectivity index (χ1n) is 6.33. The Bertz CT molecular complexity index is 544. The highest BCUT2D eigenvalue weighted by molar-refractivity contribution is 5.93. The fourth-order valence-corrected chi connectivity index (χ4v) is 1.59. The molecular formula is C15H15FN2O2. The summed E-state index contributed by atoms with van der Waals surface area (Å²) in [5, 5.41) is 2.72. The molecule has 2 rings (SSSR count). The summed E-state index contributed by atoms with van der Waals surface area (Å²) in [4.78, 5) is 15.1. The van der Waals surface area contributed by atoms with Crippen molar-refractivity contribution in [3.63, 3.8) is 0 Å². The average molecular weight is 274 g/mol. The van der Waals surface area contributed by atoms with Crippen LogP contribution in [0.25, 0.3) is 0 Å². The average Bonchev–Trinajstić information content (AvgIpc) is 2.48. The molecule has 104 valence electrons. The van der Waals surface area contributed by atoms with Gasteiger partial charge in [0.25, 0.3) is 5.91 Å². The maximum Gasteiger partial charge on any atom is 0.252 e. The van der Waals surface area contributed by atoms with Crippen LogP contribution in [0.15, 0.2) is 48.7 Å². The number of nitrogens with one attached hydrogen (secondary N) is 1. The topological polar surface area (TPSA) is 51.2 Å². The number of aromatic nitrogens is 1. The van der Waals surface area contributed by atoms with Gasteiger partial charge in [-0.1, -0.05) is 18.2 Å². The Balaban J connectivity index is 1.66. The molecule has 0 radical (unpaired) electrons. The van der Waals surface area contributed by atoms with Crippen LogP contribution < -0.4 is 10.1 Å². The van der Waals surface area contributed by atoms with Gasteiger partial charge in [0.15, 0.2) is 0 Å². The fourth-order valence-electron chi connectivity index (χ4n) is 1.59. The Hall–Kier alpha value is -2.43. The first-order valence-corrected chi connectivity index (χ1v) is 6.33. The molecule has 20 heavy (non-hydrogen) atoms. The monoisotopic (exact) mass is 274 g/mol. The molecule has 0 fully saturated rings. The van der Waals surface area contributed by atoms with Crippen molar-refractivity contribution < 1.29 is 13.9 Å². The number of amides is 1. The summed E-state index contributed by atoms with van der Waals surface area (Å²) in [5.41, 5.74) is 0.343. The van der Waals surface area contributed by atoms with E-state index in [1.165, 1.54) is 12.3 Å². The molecule has 0 aliphatic rings. The maximum absolute atomic E-state index is 12.6. The van der Waals surface area contributed by atoms with Crippen LogP contribution in [-0.4, -0.2) is 24.0 Å². The van der Waals surface area contributed by atoms with Gasteiger partial charge in [-0.3, -0.25) is 4.79 Å². The smallest absolute Gasteiger partial charge is 0.252 e. The van der Waals surface area contributed by atoms with E-state index in [-0.39, 0.29) is 5.91 Å². The largest absolute Gasteiger partial charge is 0.494 e. The highest BCUT2D eigenvalue weighted by Gasteiger charge is 2.05. The highest BCUT2D eigenvalue weighted by atomic mass is 19.1. The van der Waals surface area contributed by atoms with Gasteiger partial charge in [-0.15, -0.1) is 0 Å². The SMILES string of the molecule is O=C(NCCCOc1ccccc1)c1ccc(F)nc1. The molecule has 0 aliphatic carbocycles. The van der Waals surface area contributed by atoms with Crippen molar-refractivity contribution in [2.75, 3.05) is 13.2 Å². The van der Waals surface area contributed by atoms with Crippen LogP contribution in [0.2, 0.25) is 0 Å². The lowest BCUT2D eigenvalue weighted by Crippen LogP contribution is -2.25. The Morgan fingerprint density at radius 3 is 2.70 bits per heavy atom. The van der Waals surface area contributed by atoms with Crippen molar-refractivity contribution in [1.29, 1.82) is 0 Å². The van der Waals surface area contributed by atoms with Crippen LogP contribution >= 0.6 is 0 Å². The van der Waals surface area contributed by atoms with Crippen molar-refractivity contribution in [3.8, 4) is 5.75 Å². The molecule has 4 nitrogen and oxygen atoms in total. The third-order valence-electron chi connectivity index (χ3n) is 2.61. The summed E-state index contributed by atoms with van der Waals surface area (Å²) in [6, 6.07) is 12.0. The molecule has 0 spiro atoms. The molecule has 0 saturated heterocycles. The van der Waals surface area contributed by atoms with Crippen molar-refractivity contribution in [2.45, 2.75) is 6.42 Å². The molecule has 1 N–H and O–H groups in total.